The van der Waals surface area contributed by atoms with E-state index in [1.165, 1.54) is 11.1 Å². The summed E-state index contributed by atoms with van der Waals surface area (Å²) in [5.41, 5.74) is 2.75. The first-order chi connectivity index (χ1) is 18.8. The summed E-state index contributed by atoms with van der Waals surface area (Å²) in [5.74, 6) is 0.773. The average molecular weight is 543 g/mol. The number of carbonyl (C=O) groups is 1. The van der Waals surface area contributed by atoms with Crippen LogP contribution in [0.15, 0.2) is 76.8 Å². The zero-order valence-electron chi connectivity index (χ0n) is 22.7. The third-order valence-electron chi connectivity index (χ3n) is 7.68. The standard InChI is InChI=1S/C30H34N6O2S/c1-30(2,3)36-27-24(19-31-36)28(38)35-23(20-39-29(35)32-27)18-25(37)33-14-16-34(17-15-33)26(21-10-6-4-7-11-21)22-12-8-5-9-13-22/h4-13,19,23,26H,14-18,20H2,1-3H3. The van der Waals surface area contributed by atoms with E-state index in [2.05, 4.69) is 58.5 Å². The summed E-state index contributed by atoms with van der Waals surface area (Å²) in [5, 5.41) is 5.63. The van der Waals surface area contributed by atoms with E-state index >= 15 is 0 Å². The molecule has 1 amide bonds. The zero-order valence-corrected chi connectivity index (χ0v) is 23.5. The SMILES string of the molecule is CC(C)(C)n1ncc2c(=O)n3c(nc21)SCC3CC(=O)N1CCN(C(c2ccccc2)c2ccccc2)CC1. The van der Waals surface area contributed by atoms with Crippen LogP contribution in [0.4, 0.5) is 0 Å². The van der Waals surface area contributed by atoms with Crippen molar-refractivity contribution in [3.05, 3.63) is 88.3 Å². The summed E-state index contributed by atoms with van der Waals surface area (Å²) in [4.78, 5) is 36.1. The van der Waals surface area contributed by atoms with Gasteiger partial charge in [-0.3, -0.25) is 19.1 Å². The highest BCUT2D eigenvalue weighted by Gasteiger charge is 2.33. The van der Waals surface area contributed by atoms with Gasteiger partial charge in [0.25, 0.3) is 5.56 Å². The van der Waals surface area contributed by atoms with Crippen molar-refractivity contribution in [1.29, 1.82) is 0 Å². The van der Waals surface area contributed by atoms with Crippen LogP contribution >= 0.6 is 11.8 Å². The summed E-state index contributed by atoms with van der Waals surface area (Å²) < 4.78 is 3.53. The summed E-state index contributed by atoms with van der Waals surface area (Å²) in [7, 11) is 0. The van der Waals surface area contributed by atoms with Crippen molar-refractivity contribution in [2.24, 2.45) is 0 Å². The van der Waals surface area contributed by atoms with Crippen LogP contribution in [-0.4, -0.2) is 67.0 Å². The van der Waals surface area contributed by atoms with Gasteiger partial charge in [-0.1, -0.05) is 72.4 Å². The van der Waals surface area contributed by atoms with Crippen LogP contribution in [0.5, 0.6) is 0 Å². The van der Waals surface area contributed by atoms with Gasteiger partial charge in [-0.15, -0.1) is 0 Å². The molecule has 0 spiro atoms. The molecule has 1 atom stereocenters. The maximum absolute atomic E-state index is 13.4. The molecule has 0 bridgehead atoms. The molecule has 1 fully saturated rings. The maximum atomic E-state index is 13.4. The molecule has 4 heterocycles. The Morgan fingerprint density at radius 2 is 1.59 bits per heavy atom. The lowest BCUT2D eigenvalue weighted by molar-refractivity contribution is -0.133. The van der Waals surface area contributed by atoms with Crippen molar-refractivity contribution >= 4 is 28.7 Å². The second-order valence-corrected chi connectivity index (χ2v) is 12.3. The first-order valence-electron chi connectivity index (χ1n) is 13.6. The topological polar surface area (TPSA) is 76.3 Å². The highest BCUT2D eigenvalue weighted by Crippen LogP contribution is 2.35. The molecule has 0 N–H and O–H groups in total. The first kappa shape index (κ1) is 25.8. The Balaban J connectivity index is 1.16. The summed E-state index contributed by atoms with van der Waals surface area (Å²) in [6, 6.07) is 21.1. The Morgan fingerprint density at radius 3 is 2.18 bits per heavy atom. The van der Waals surface area contributed by atoms with E-state index in [0.717, 1.165) is 13.1 Å². The number of rotatable bonds is 5. The van der Waals surface area contributed by atoms with Crippen molar-refractivity contribution < 1.29 is 4.79 Å². The number of thioether (sulfide) groups is 1. The van der Waals surface area contributed by atoms with Gasteiger partial charge in [0.05, 0.1) is 23.8 Å². The molecule has 2 aromatic carbocycles. The molecule has 2 aromatic heterocycles. The fourth-order valence-corrected chi connectivity index (χ4v) is 6.85. The van der Waals surface area contributed by atoms with Crippen LogP contribution in [-0.2, 0) is 10.3 Å². The predicted octanol–water partition coefficient (Wildman–Crippen LogP) is 4.32. The molecule has 4 aromatic rings. The van der Waals surface area contributed by atoms with Crippen molar-refractivity contribution in [2.75, 3.05) is 31.9 Å². The molecule has 1 saturated heterocycles. The fourth-order valence-electron chi connectivity index (χ4n) is 5.72. The number of benzene rings is 2. The smallest absolute Gasteiger partial charge is 0.265 e. The maximum Gasteiger partial charge on any atom is 0.265 e. The van der Waals surface area contributed by atoms with Gasteiger partial charge in [-0.25, -0.2) is 9.67 Å². The number of piperazine rings is 1. The number of carbonyl (C=O) groups excluding carboxylic acids is 1. The molecule has 2 aliphatic rings. The van der Waals surface area contributed by atoms with Crippen LogP contribution in [0, 0.1) is 0 Å². The summed E-state index contributed by atoms with van der Waals surface area (Å²) in [6.45, 7) is 9.07. The number of nitrogens with zero attached hydrogens (tertiary/aromatic N) is 6. The van der Waals surface area contributed by atoms with Crippen LogP contribution < -0.4 is 5.56 Å². The minimum absolute atomic E-state index is 0.0986. The Bertz CT molecular complexity index is 1500. The van der Waals surface area contributed by atoms with Crippen molar-refractivity contribution in [3.8, 4) is 0 Å². The molecule has 202 valence electrons. The molecule has 0 aliphatic carbocycles. The molecule has 1 unspecified atom stereocenters. The van der Waals surface area contributed by atoms with Gasteiger partial charge >= 0.3 is 0 Å². The van der Waals surface area contributed by atoms with E-state index < -0.39 is 0 Å². The summed E-state index contributed by atoms with van der Waals surface area (Å²) >= 11 is 1.55. The number of aromatic nitrogens is 4. The summed E-state index contributed by atoms with van der Waals surface area (Å²) in [6.07, 6.45) is 1.92. The molecule has 9 heteroatoms. The second-order valence-electron chi connectivity index (χ2n) is 11.3. The van der Waals surface area contributed by atoms with Gasteiger partial charge in [0.2, 0.25) is 5.91 Å². The van der Waals surface area contributed by atoms with Gasteiger partial charge in [0.1, 0.15) is 5.39 Å². The minimum Gasteiger partial charge on any atom is -0.340 e. The lowest BCUT2D eigenvalue weighted by Gasteiger charge is -2.40. The Kier molecular flexibility index (Phi) is 6.81. The lowest BCUT2D eigenvalue weighted by Crippen LogP contribution is -2.50. The number of hydrogen-bond donors (Lipinski definition) is 0. The monoisotopic (exact) mass is 542 g/mol. The van der Waals surface area contributed by atoms with Crippen LogP contribution in [0.1, 0.15) is 50.4 Å². The van der Waals surface area contributed by atoms with Crippen molar-refractivity contribution in [1.82, 2.24) is 29.1 Å². The van der Waals surface area contributed by atoms with E-state index in [1.807, 2.05) is 37.8 Å². The van der Waals surface area contributed by atoms with Gasteiger partial charge in [0.15, 0.2) is 10.8 Å². The molecule has 39 heavy (non-hydrogen) atoms. The predicted molar refractivity (Wildman–Crippen MR) is 154 cm³/mol. The molecular weight excluding hydrogens is 508 g/mol. The van der Waals surface area contributed by atoms with E-state index in [0.29, 0.717) is 41.5 Å². The van der Waals surface area contributed by atoms with Gasteiger partial charge in [0, 0.05) is 38.4 Å². The quantitative estimate of drug-likeness (QED) is 0.350. The normalized spacial score (nSPS) is 18.2. The van der Waals surface area contributed by atoms with Gasteiger partial charge in [-0.2, -0.15) is 5.10 Å². The highest BCUT2D eigenvalue weighted by molar-refractivity contribution is 7.99. The van der Waals surface area contributed by atoms with E-state index in [1.54, 1.807) is 27.2 Å². The first-order valence-corrected chi connectivity index (χ1v) is 14.5. The molecule has 2 aliphatic heterocycles. The molecule has 0 radical (unpaired) electrons. The van der Waals surface area contributed by atoms with E-state index in [9.17, 15) is 9.59 Å². The second kappa shape index (κ2) is 10.3. The Hall–Kier alpha value is -3.43. The zero-order chi connectivity index (χ0) is 27.1. The molecule has 8 nitrogen and oxygen atoms in total. The largest absolute Gasteiger partial charge is 0.340 e. The Morgan fingerprint density at radius 1 is 0.974 bits per heavy atom. The minimum atomic E-state index is -0.277. The lowest BCUT2D eigenvalue weighted by atomic mass is 9.96. The average Bonchev–Trinajstić information content (AvgIpc) is 3.55. The van der Waals surface area contributed by atoms with E-state index in [-0.39, 0.29) is 29.1 Å². The van der Waals surface area contributed by atoms with Gasteiger partial charge < -0.3 is 4.90 Å². The van der Waals surface area contributed by atoms with Crippen molar-refractivity contribution in [3.63, 3.8) is 0 Å². The number of amides is 1. The van der Waals surface area contributed by atoms with Crippen LogP contribution in [0.25, 0.3) is 11.0 Å². The highest BCUT2D eigenvalue weighted by atomic mass is 32.2. The van der Waals surface area contributed by atoms with Crippen LogP contribution in [0.3, 0.4) is 0 Å². The number of fused-ring (bicyclic) bond motifs is 2. The third kappa shape index (κ3) is 4.89. The van der Waals surface area contributed by atoms with Crippen LogP contribution in [0.2, 0.25) is 0 Å². The van der Waals surface area contributed by atoms with E-state index in [4.69, 9.17) is 4.98 Å². The number of hydrogen-bond acceptors (Lipinski definition) is 6. The Labute approximate surface area is 232 Å². The van der Waals surface area contributed by atoms with Crippen molar-refractivity contribution in [2.45, 2.75) is 50.0 Å². The fraction of sp³-hybridized carbons (Fsp3) is 0.400. The molecular formula is C30H34N6O2S. The third-order valence-corrected chi connectivity index (χ3v) is 8.78. The van der Waals surface area contributed by atoms with Gasteiger partial charge in [-0.05, 0) is 31.9 Å². The molecule has 6 rings (SSSR count). The molecule has 0 saturated carbocycles.